The SMILES string of the molecule is Cc1n[nH]c(=O)nc1N1CCC(=O)CC1. The van der Waals surface area contributed by atoms with Crippen molar-refractivity contribution in [2.75, 3.05) is 18.0 Å². The summed E-state index contributed by atoms with van der Waals surface area (Å²) in [6.45, 7) is 3.03. The Bertz CT molecular complexity index is 430. The van der Waals surface area contributed by atoms with E-state index in [2.05, 4.69) is 15.2 Å². The summed E-state index contributed by atoms with van der Waals surface area (Å²) in [5, 5.41) is 6.12. The van der Waals surface area contributed by atoms with Gasteiger partial charge < -0.3 is 4.90 Å². The van der Waals surface area contributed by atoms with Crippen molar-refractivity contribution in [2.24, 2.45) is 0 Å². The van der Waals surface area contributed by atoms with Gasteiger partial charge in [-0.2, -0.15) is 10.1 Å². The van der Waals surface area contributed by atoms with Crippen molar-refractivity contribution in [1.29, 1.82) is 0 Å². The van der Waals surface area contributed by atoms with Gasteiger partial charge in [-0.3, -0.25) is 4.79 Å². The summed E-state index contributed by atoms with van der Waals surface area (Å²) < 4.78 is 0. The normalized spacial score (nSPS) is 16.9. The quantitative estimate of drug-likeness (QED) is 0.682. The molecule has 15 heavy (non-hydrogen) atoms. The molecule has 0 saturated carbocycles. The van der Waals surface area contributed by atoms with Gasteiger partial charge in [0.25, 0.3) is 0 Å². The van der Waals surface area contributed by atoms with Crippen molar-refractivity contribution in [3.8, 4) is 0 Å². The summed E-state index contributed by atoms with van der Waals surface area (Å²) in [4.78, 5) is 27.9. The molecular formula is C9H12N4O2. The lowest BCUT2D eigenvalue weighted by Crippen LogP contribution is -2.36. The Labute approximate surface area is 86.3 Å². The number of hydrogen-bond donors (Lipinski definition) is 1. The highest BCUT2D eigenvalue weighted by atomic mass is 16.1. The van der Waals surface area contributed by atoms with Crippen molar-refractivity contribution < 1.29 is 4.79 Å². The number of carbonyl (C=O) groups is 1. The number of ketones is 1. The topological polar surface area (TPSA) is 79.0 Å². The Morgan fingerprint density at radius 3 is 2.60 bits per heavy atom. The average molecular weight is 208 g/mol. The van der Waals surface area contributed by atoms with E-state index in [0.717, 1.165) is 0 Å². The van der Waals surface area contributed by atoms with Crippen molar-refractivity contribution >= 4 is 11.6 Å². The molecule has 1 N–H and O–H groups in total. The lowest BCUT2D eigenvalue weighted by Gasteiger charge is -2.27. The molecule has 0 aromatic carbocycles. The first-order chi connectivity index (χ1) is 7.16. The molecule has 1 fully saturated rings. The number of aromatic amines is 1. The van der Waals surface area contributed by atoms with Gasteiger partial charge in [0.2, 0.25) is 0 Å². The third-order valence-corrected chi connectivity index (χ3v) is 2.47. The highest BCUT2D eigenvalue weighted by Crippen LogP contribution is 2.16. The molecule has 0 atom stereocenters. The molecule has 0 unspecified atom stereocenters. The number of Topliss-reactive ketones (excluding diaryl/α,β-unsaturated/α-hetero) is 1. The van der Waals surface area contributed by atoms with Crippen LogP contribution >= 0.6 is 0 Å². The summed E-state index contributed by atoms with van der Waals surface area (Å²) in [6, 6.07) is 0. The van der Waals surface area contributed by atoms with Gasteiger partial charge in [-0.15, -0.1) is 0 Å². The molecular weight excluding hydrogens is 196 g/mol. The van der Waals surface area contributed by atoms with Crippen LogP contribution in [-0.2, 0) is 4.79 Å². The Balaban J connectivity index is 2.25. The summed E-state index contributed by atoms with van der Waals surface area (Å²) in [7, 11) is 0. The van der Waals surface area contributed by atoms with Gasteiger partial charge >= 0.3 is 5.69 Å². The average Bonchev–Trinajstić information content (AvgIpc) is 2.23. The van der Waals surface area contributed by atoms with Gasteiger partial charge in [0, 0.05) is 25.9 Å². The predicted molar refractivity (Wildman–Crippen MR) is 53.8 cm³/mol. The number of rotatable bonds is 1. The molecule has 1 saturated heterocycles. The Morgan fingerprint density at radius 1 is 1.27 bits per heavy atom. The molecule has 0 spiro atoms. The minimum Gasteiger partial charge on any atom is -0.354 e. The number of nitrogens with zero attached hydrogens (tertiary/aromatic N) is 3. The van der Waals surface area contributed by atoms with Crippen molar-refractivity contribution in [1.82, 2.24) is 15.2 Å². The third-order valence-electron chi connectivity index (χ3n) is 2.47. The molecule has 0 amide bonds. The fourth-order valence-electron chi connectivity index (χ4n) is 1.65. The van der Waals surface area contributed by atoms with Crippen molar-refractivity contribution in [3.63, 3.8) is 0 Å². The summed E-state index contributed by atoms with van der Waals surface area (Å²) in [5.41, 5.74) is 0.233. The first kappa shape index (κ1) is 9.82. The third kappa shape index (κ3) is 2.03. The zero-order valence-electron chi connectivity index (χ0n) is 8.49. The maximum atomic E-state index is 11.1. The van der Waals surface area contributed by atoms with E-state index in [4.69, 9.17) is 0 Å². The number of nitrogens with one attached hydrogen (secondary N) is 1. The number of anilines is 1. The van der Waals surface area contributed by atoms with Gasteiger partial charge in [0.1, 0.15) is 11.5 Å². The maximum Gasteiger partial charge on any atom is 0.363 e. The molecule has 6 heteroatoms. The molecule has 1 aromatic rings. The summed E-state index contributed by atoms with van der Waals surface area (Å²) >= 11 is 0. The van der Waals surface area contributed by atoms with Crippen molar-refractivity contribution in [3.05, 3.63) is 16.2 Å². The molecule has 2 rings (SSSR count). The summed E-state index contributed by atoms with van der Waals surface area (Å²) in [6.07, 6.45) is 1.04. The van der Waals surface area contributed by atoms with Gasteiger partial charge in [0.15, 0.2) is 5.82 Å². The fraction of sp³-hybridized carbons (Fsp3) is 0.556. The fourth-order valence-corrected chi connectivity index (χ4v) is 1.65. The predicted octanol–water partition coefficient (Wildman–Crippen LogP) is -0.357. The molecule has 1 aromatic heterocycles. The maximum absolute atomic E-state index is 11.1. The van der Waals surface area contributed by atoms with Crippen LogP contribution in [0.4, 0.5) is 5.82 Å². The highest BCUT2D eigenvalue weighted by Gasteiger charge is 2.19. The standard InChI is InChI=1S/C9H12N4O2/c1-6-8(10-9(15)12-11-6)13-4-2-7(14)3-5-13/h2-5H2,1H3,(H,10,12,15). The van der Waals surface area contributed by atoms with Crippen LogP contribution in [0.2, 0.25) is 0 Å². The first-order valence-corrected chi connectivity index (χ1v) is 4.87. The molecule has 80 valence electrons. The molecule has 1 aliphatic rings. The van der Waals surface area contributed by atoms with E-state index < -0.39 is 5.69 Å². The first-order valence-electron chi connectivity index (χ1n) is 4.87. The van der Waals surface area contributed by atoms with Crippen LogP contribution in [0.15, 0.2) is 4.79 Å². The zero-order valence-corrected chi connectivity index (χ0v) is 8.49. The molecule has 6 nitrogen and oxygen atoms in total. The Kier molecular flexibility index (Phi) is 2.49. The number of hydrogen-bond acceptors (Lipinski definition) is 5. The van der Waals surface area contributed by atoms with E-state index in [9.17, 15) is 9.59 Å². The minimum atomic E-state index is -0.451. The summed E-state index contributed by atoms with van der Waals surface area (Å²) in [5.74, 6) is 0.855. The van der Waals surface area contributed by atoms with Gasteiger partial charge in [0.05, 0.1) is 0 Å². The number of carbonyl (C=O) groups excluding carboxylic acids is 1. The van der Waals surface area contributed by atoms with E-state index in [-0.39, 0.29) is 5.78 Å². The highest BCUT2D eigenvalue weighted by molar-refractivity contribution is 5.80. The van der Waals surface area contributed by atoms with Crippen LogP contribution in [0.25, 0.3) is 0 Å². The van der Waals surface area contributed by atoms with Crippen LogP contribution in [0.5, 0.6) is 0 Å². The molecule has 0 radical (unpaired) electrons. The Morgan fingerprint density at radius 2 is 1.93 bits per heavy atom. The van der Waals surface area contributed by atoms with Crippen LogP contribution in [0.1, 0.15) is 18.5 Å². The zero-order chi connectivity index (χ0) is 10.8. The largest absolute Gasteiger partial charge is 0.363 e. The second-order valence-corrected chi connectivity index (χ2v) is 3.58. The van der Waals surface area contributed by atoms with Crippen molar-refractivity contribution in [2.45, 2.75) is 19.8 Å². The number of H-pyrrole nitrogens is 1. The van der Waals surface area contributed by atoms with E-state index in [1.165, 1.54) is 0 Å². The van der Waals surface area contributed by atoms with Gasteiger partial charge in [-0.1, -0.05) is 0 Å². The van der Waals surface area contributed by atoms with E-state index >= 15 is 0 Å². The van der Waals surface area contributed by atoms with E-state index in [1.807, 2.05) is 4.90 Å². The van der Waals surface area contributed by atoms with Crippen LogP contribution in [0.3, 0.4) is 0 Å². The molecule has 1 aliphatic heterocycles. The van der Waals surface area contributed by atoms with Crippen LogP contribution in [0, 0.1) is 6.92 Å². The number of aromatic nitrogens is 3. The Hall–Kier alpha value is -1.72. The monoisotopic (exact) mass is 208 g/mol. The smallest absolute Gasteiger partial charge is 0.354 e. The second kappa shape index (κ2) is 3.80. The molecule has 2 heterocycles. The van der Waals surface area contributed by atoms with Crippen LogP contribution < -0.4 is 10.6 Å². The molecule has 0 aliphatic carbocycles. The molecule has 0 bridgehead atoms. The second-order valence-electron chi connectivity index (χ2n) is 3.58. The van der Waals surface area contributed by atoms with Crippen LogP contribution in [-0.4, -0.2) is 34.1 Å². The van der Waals surface area contributed by atoms with E-state index in [1.54, 1.807) is 6.92 Å². The minimum absolute atomic E-state index is 0.265. The number of aryl methyl sites for hydroxylation is 1. The lowest BCUT2D eigenvalue weighted by atomic mass is 10.1. The van der Waals surface area contributed by atoms with E-state index in [0.29, 0.717) is 37.4 Å². The van der Waals surface area contributed by atoms with Gasteiger partial charge in [-0.25, -0.2) is 9.89 Å². The number of piperidine rings is 1. The van der Waals surface area contributed by atoms with Gasteiger partial charge in [-0.05, 0) is 6.92 Å². The lowest BCUT2D eigenvalue weighted by molar-refractivity contribution is -0.119.